The molecule has 0 amide bonds. The largest absolute Gasteiger partial charge is 0.348 e. The first-order chi connectivity index (χ1) is 8.85. The summed E-state index contributed by atoms with van der Waals surface area (Å²) in [6.45, 7) is 0.730. The third kappa shape index (κ3) is 2.23. The van der Waals surface area contributed by atoms with Gasteiger partial charge in [0.1, 0.15) is 0 Å². The van der Waals surface area contributed by atoms with Crippen molar-refractivity contribution in [2.75, 3.05) is 0 Å². The van der Waals surface area contributed by atoms with Crippen molar-refractivity contribution in [2.24, 2.45) is 0 Å². The van der Waals surface area contributed by atoms with Gasteiger partial charge in [0.25, 0.3) is 0 Å². The summed E-state index contributed by atoms with van der Waals surface area (Å²) in [5, 5.41) is 4.63. The molecule has 0 spiro atoms. The van der Waals surface area contributed by atoms with Gasteiger partial charge < -0.3 is 4.57 Å². The Bertz CT molecular complexity index is 535. The SMILES string of the molecule is O=Cc1ccn(Cc2ccn(C3CCCC3)n2)c1. The summed E-state index contributed by atoms with van der Waals surface area (Å²) in [6, 6.07) is 4.48. The first kappa shape index (κ1) is 11.3. The molecule has 2 aromatic heterocycles. The number of carbonyl (C=O) groups is 1. The van der Waals surface area contributed by atoms with Crippen LogP contribution in [0.2, 0.25) is 0 Å². The Kier molecular flexibility index (Phi) is 3.00. The zero-order valence-electron chi connectivity index (χ0n) is 10.3. The summed E-state index contributed by atoms with van der Waals surface area (Å²) in [6.07, 6.45) is 11.9. The molecule has 0 radical (unpaired) electrons. The molecule has 0 N–H and O–H groups in total. The van der Waals surface area contributed by atoms with E-state index in [1.165, 1.54) is 25.7 Å². The third-order valence-corrected chi connectivity index (χ3v) is 3.62. The van der Waals surface area contributed by atoms with Crippen LogP contribution >= 0.6 is 0 Å². The second kappa shape index (κ2) is 4.80. The number of hydrogen-bond acceptors (Lipinski definition) is 2. The lowest BCUT2D eigenvalue weighted by molar-refractivity contribution is 0.112. The predicted molar refractivity (Wildman–Crippen MR) is 68.7 cm³/mol. The molecule has 18 heavy (non-hydrogen) atoms. The topological polar surface area (TPSA) is 39.8 Å². The molecule has 1 fully saturated rings. The van der Waals surface area contributed by atoms with Crippen LogP contribution in [-0.4, -0.2) is 20.6 Å². The van der Waals surface area contributed by atoms with Crippen LogP contribution in [0.25, 0.3) is 0 Å². The van der Waals surface area contributed by atoms with E-state index in [2.05, 4.69) is 22.0 Å². The smallest absolute Gasteiger partial charge is 0.151 e. The monoisotopic (exact) mass is 243 g/mol. The Labute approximate surface area is 106 Å². The van der Waals surface area contributed by atoms with Gasteiger partial charge in [0.15, 0.2) is 6.29 Å². The van der Waals surface area contributed by atoms with Crippen molar-refractivity contribution >= 4 is 6.29 Å². The molecule has 0 aromatic carbocycles. The fourth-order valence-electron chi connectivity index (χ4n) is 2.65. The molecule has 0 atom stereocenters. The van der Waals surface area contributed by atoms with Gasteiger partial charge in [0, 0.05) is 24.2 Å². The molecule has 2 aromatic rings. The second-order valence-corrected chi connectivity index (χ2v) is 4.96. The Morgan fingerprint density at radius 3 is 2.83 bits per heavy atom. The lowest BCUT2D eigenvalue weighted by Crippen LogP contribution is -2.06. The highest BCUT2D eigenvalue weighted by atomic mass is 16.1. The molecule has 4 heteroatoms. The number of aldehydes is 1. The minimum Gasteiger partial charge on any atom is -0.348 e. The molecular formula is C14H17N3O. The predicted octanol–water partition coefficient (Wildman–Crippen LogP) is 2.66. The molecule has 3 rings (SSSR count). The van der Waals surface area contributed by atoms with E-state index in [1.807, 2.05) is 23.0 Å². The van der Waals surface area contributed by atoms with Crippen LogP contribution in [0.1, 0.15) is 47.8 Å². The summed E-state index contributed by atoms with van der Waals surface area (Å²) in [5.74, 6) is 0. The van der Waals surface area contributed by atoms with Crippen molar-refractivity contribution in [3.8, 4) is 0 Å². The van der Waals surface area contributed by atoms with Crippen LogP contribution in [0, 0.1) is 0 Å². The summed E-state index contributed by atoms with van der Waals surface area (Å²) in [7, 11) is 0. The van der Waals surface area contributed by atoms with Crippen LogP contribution in [0.5, 0.6) is 0 Å². The van der Waals surface area contributed by atoms with E-state index in [1.54, 1.807) is 0 Å². The first-order valence-electron chi connectivity index (χ1n) is 6.50. The minimum atomic E-state index is 0.592. The summed E-state index contributed by atoms with van der Waals surface area (Å²) in [4.78, 5) is 10.6. The van der Waals surface area contributed by atoms with Gasteiger partial charge in [0.2, 0.25) is 0 Å². The maximum atomic E-state index is 10.6. The normalized spacial score (nSPS) is 16.2. The van der Waals surface area contributed by atoms with Crippen molar-refractivity contribution < 1.29 is 4.79 Å². The second-order valence-electron chi connectivity index (χ2n) is 4.96. The number of nitrogens with zero attached hydrogens (tertiary/aromatic N) is 3. The van der Waals surface area contributed by atoms with Gasteiger partial charge in [-0.15, -0.1) is 0 Å². The lowest BCUT2D eigenvalue weighted by Gasteiger charge is -2.08. The fraction of sp³-hybridized carbons (Fsp3) is 0.429. The number of hydrogen-bond donors (Lipinski definition) is 0. The molecular weight excluding hydrogens is 226 g/mol. The molecule has 0 unspecified atom stereocenters. The van der Waals surface area contributed by atoms with Crippen LogP contribution in [0.15, 0.2) is 30.7 Å². The quantitative estimate of drug-likeness (QED) is 0.774. The molecule has 0 bridgehead atoms. The number of rotatable bonds is 4. The molecule has 0 saturated heterocycles. The van der Waals surface area contributed by atoms with E-state index in [0.717, 1.165) is 18.5 Å². The van der Waals surface area contributed by atoms with Crippen molar-refractivity contribution in [3.05, 3.63) is 42.0 Å². The van der Waals surface area contributed by atoms with Gasteiger partial charge in [-0.05, 0) is 25.0 Å². The summed E-state index contributed by atoms with van der Waals surface area (Å²) >= 11 is 0. The Balaban J connectivity index is 1.71. The maximum Gasteiger partial charge on any atom is 0.151 e. The third-order valence-electron chi connectivity index (χ3n) is 3.62. The molecule has 2 heterocycles. The summed E-state index contributed by atoms with van der Waals surface area (Å²) in [5.41, 5.74) is 1.76. The molecule has 1 aliphatic carbocycles. The standard InChI is InChI=1S/C14H17N3O/c18-11-12-5-7-16(9-12)10-13-6-8-17(15-13)14-3-1-2-4-14/h5-9,11,14H,1-4,10H2. The average molecular weight is 243 g/mol. The zero-order valence-corrected chi connectivity index (χ0v) is 10.3. The van der Waals surface area contributed by atoms with Crippen LogP contribution in [0.3, 0.4) is 0 Å². The molecule has 1 saturated carbocycles. The van der Waals surface area contributed by atoms with Gasteiger partial charge in [-0.3, -0.25) is 9.48 Å². The Morgan fingerprint density at radius 1 is 1.28 bits per heavy atom. The Morgan fingerprint density at radius 2 is 2.11 bits per heavy atom. The van der Waals surface area contributed by atoms with Crippen LogP contribution in [0.4, 0.5) is 0 Å². The minimum absolute atomic E-state index is 0.592. The zero-order chi connectivity index (χ0) is 12.4. The molecule has 1 aliphatic rings. The van der Waals surface area contributed by atoms with Gasteiger partial charge in [-0.2, -0.15) is 5.10 Å². The fourth-order valence-corrected chi connectivity index (χ4v) is 2.65. The first-order valence-corrected chi connectivity index (χ1v) is 6.50. The Hall–Kier alpha value is -1.84. The highest BCUT2D eigenvalue weighted by Gasteiger charge is 2.17. The molecule has 0 aliphatic heterocycles. The van der Waals surface area contributed by atoms with E-state index in [0.29, 0.717) is 11.6 Å². The van der Waals surface area contributed by atoms with Gasteiger partial charge in [-0.25, -0.2) is 0 Å². The van der Waals surface area contributed by atoms with Crippen molar-refractivity contribution in [1.82, 2.24) is 14.3 Å². The molecule has 4 nitrogen and oxygen atoms in total. The highest BCUT2D eigenvalue weighted by molar-refractivity contribution is 5.74. The number of aromatic nitrogens is 3. The molecule has 94 valence electrons. The average Bonchev–Trinajstić information content (AvgIpc) is 3.10. The van der Waals surface area contributed by atoms with Crippen LogP contribution < -0.4 is 0 Å². The van der Waals surface area contributed by atoms with Gasteiger partial charge in [0.05, 0.1) is 18.3 Å². The van der Waals surface area contributed by atoms with E-state index in [4.69, 9.17) is 0 Å². The van der Waals surface area contributed by atoms with Crippen molar-refractivity contribution in [2.45, 2.75) is 38.3 Å². The van der Waals surface area contributed by atoms with Crippen molar-refractivity contribution in [3.63, 3.8) is 0 Å². The van der Waals surface area contributed by atoms with Crippen molar-refractivity contribution in [1.29, 1.82) is 0 Å². The van der Waals surface area contributed by atoms with Crippen LogP contribution in [-0.2, 0) is 6.54 Å². The van der Waals surface area contributed by atoms with Gasteiger partial charge >= 0.3 is 0 Å². The lowest BCUT2D eigenvalue weighted by atomic mass is 10.3. The van der Waals surface area contributed by atoms with E-state index >= 15 is 0 Å². The van der Waals surface area contributed by atoms with Gasteiger partial charge in [-0.1, -0.05) is 12.8 Å². The van der Waals surface area contributed by atoms with E-state index in [-0.39, 0.29) is 0 Å². The van der Waals surface area contributed by atoms with E-state index in [9.17, 15) is 4.79 Å². The highest BCUT2D eigenvalue weighted by Crippen LogP contribution is 2.28. The summed E-state index contributed by atoms with van der Waals surface area (Å²) < 4.78 is 4.09. The van der Waals surface area contributed by atoms with E-state index < -0.39 is 0 Å². The maximum absolute atomic E-state index is 10.6. The number of carbonyl (C=O) groups excluding carboxylic acids is 1.